The Morgan fingerprint density at radius 1 is 1.08 bits per heavy atom. The molecule has 1 atom stereocenters. The maximum Gasteiger partial charge on any atom is 0.254 e. The number of piperidine rings is 1. The third kappa shape index (κ3) is 6.55. The summed E-state index contributed by atoms with van der Waals surface area (Å²) < 4.78 is 63.7. The Morgan fingerprint density at radius 3 is 2.56 bits per heavy atom. The van der Waals surface area contributed by atoms with Crippen molar-refractivity contribution in [3.63, 3.8) is 0 Å². The Kier molecular flexibility index (Phi) is 8.47. The smallest absolute Gasteiger partial charge is 0.254 e. The predicted octanol–water partition coefficient (Wildman–Crippen LogP) is 3.52. The number of rotatable bonds is 9. The standard InChI is InChI=1S/C25H27F2N3O5S/c1-30-15-20(24(14-25(30)31)34-18-7-9-28-10-8-18)19-12-16(6-11-29-36(32)33)2-4-22(19)35-23-5-3-17(26)13-21(23)27/h2-5,12-15,18,28-29H,6-11H2,1H3,(H,32,33). The molecule has 1 unspecified atom stereocenters. The van der Waals surface area contributed by atoms with Crippen molar-refractivity contribution >= 4 is 11.3 Å². The van der Waals surface area contributed by atoms with Crippen molar-refractivity contribution in [3.05, 3.63) is 76.2 Å². The highest BCUT2D eigenvalue weighted by Gasteiger charge is 2.21. The van der Waals surface area contributed by atoms with Gasteiger partial charge in [-0.15, -0.1) is 0 Å². The lowest BCUT2D eigenvalue weighted by Gasteiger charge is -2.25. The first kappa shape index (κ1) is 26.0. The lowest BCUT2D eigenvalue weighted by Crippen LogP contribution is -2.34. The van der Waals surface area contributed by atoms with Crippen LogP contribution in [0, 0.1) is 11.6 Å². The van der Waals surface area contributed by atoms with Crippen LogP contribution in [0.5, 0.6) is 17.2 Å². The minimum absolute atomic E-state index is 0.0806. The van der Waals surface area contributed by atoms with Crippen molar-refractivity contribution in [1.29, 1.82) is 0 Å². The molecule has 0 spiro atoms. The summed E-state index contributed by atoms with van der Waals surface area (Å²) in [5, 5.41) is 3.27. The van der Waals surface area contributed by atoms with Crippen molar-refractivity contribution in [1.82, 2.24) is 14.6 Å². The Labute approximate surface area is 209 Å². The maximum absolute atomic E-state index is 14.4. The molecule has 0 amide bonds. The third-order valence-electron chi connectivity index (χ3n) is 5.86. The molecule has 8 nitrogen and oxygen atoms in total. The zero-order chi connectivity index (χ0) is 25.7. The molecule has 36 heavy (non-hydrogen) atoms. The average molecular weight is 520 g/mol. The molecular weight excluding hydrogens is 492 g/mol. The fourth-order valence-electron chi connectivity index (χ4n) is 4.00. The number of ether oxygens (including phenoxy) is 2. The van der Waals surface area contributed by atoms with E-state index in [1.807, 2.05) is 0 Å². The number of hydrogen-bond acceptors (Lipinski definition) is 5. The van der Waals surface area contributed by atoms with Gasteiger partial charge in [0.25, 0.3) is 5.56 Å². The number of halogens is 2. The SMILES string of the molecule is Cn1cc(-c2cc(CCNS(=O)O)ccc2Oc2ccc(F)cc2F)c(OC2CCNCC2)cc1=O. The summed E-state index contributed by atoms with van der Waals surface area (Å²) in [6, 6.07) is 9.65. The highest BCUT2D eigenvalue weighted by Crippen LogP contribution is 2.39. The van der Waals surface area contributed by atoms with Gasteiger partial charge in [0.15, 0.2) is 11.6 Å². The molecule has 1 fully saturated rings. The first-order valence-electron chi connectivity index (χ1n) is 11.5. The molecule has 1 saturated heterocycles. The summed E-state index contributed by atoms with van der Waals surface area (Å²) in [5.41, 5.74) is 1.65. The summed E-state index contributed by atoms with van der Waals surface area (Å²) in [4.78, 5) is 12.5. The van der Waals surface area contributed by atoms with Gasteiger partial charge in [0.2, 0.25) is 11.3 Å². The van der Waals surface area contributed by atoms with Crippen molar-refractivity contribution in [2.24, 2.45) is 7.05 Å². The topological polar surface area (TPSA) is 102 Å². The van der Waals surface area contributed by atoms with Gasteiger partial charge < -0.3 is 19.4 Å². The largest absolute Gasteiger partial charge is 0.489 e. The van der Waals surface area contributed by atoms with Crippen LogP contribution in [0.25, 0.3) is 11.1 Å². The lowest BCUT2D eigenvalue weighted by atomic mass is 10.0. The van der Waals surface area contributed by atoms with Gasteiger partial charge >= 0.3 is 0 Å². The van der Waals surface area contributed by atoms with Crippen molar-refractivity contribution in [2.45, 2.75) is 25.4 Å². The van der Waals surface area contributed by atoms with Crippen LogP contribution in [0.4, 0.5) is 8.78 Å². The van der Waals surface area contributed by atoms with Gasteiger partial charge in [0.1, 0.15) is 23.4 Å². The van der Waals surface area contributed by atoms with E-state index in [0.29, 0.717) is 23.3 Å². The number of hydrogen-bond donors (Lipinski definition) is 3. The van der Waals surface area contributed by atoms with Gasteiger partial charge in [-0.1, -0.05) is 6.07 Å². The molecule has 0 radical (unpaired) electrons. The molecular formula is C25H27F2N3O5S. The second kappa shape index (κ2) is 11.7. The van der Waals surface area contributed by atoms with Crippen molar-refractivity contribution in [2.75, 3.05) is 19.6 Å². The predicted molar refractivity (Wildman–Crippen MR) is 133 cm³/mol. The number of pyridine rings is 1. The third-order valence-corrected chi connectivity index (χ3v) is 6.31. The molecule has 3 N–H and O–H groups in total. The molecule has 4 rings (SSSR count). The van der Waals surface area contributed by atoms with Gasteiger partial charge in [-0.05, 0) is 62.2 Å². The summed E-state index contributed by atoms with van der Waals surface area (Å²) in [6.07, 6.45) is 3.53. The summed E-state index contributed by atoms with van der Waals surface area (Å²) >= 11 is -2.14. The fourth-order valence-corrected chi connectivity index (χ4v) is 4.27. The minimum atomic E-state index is -2.14. The lowest BCUT2D eigenvalue weighted by molar-refractivity contribution is 0.163. The van der Waals surface area contributed by atoms with Gasteiger partial charge in [0, 0.05) is 43.0 Å². The molecule has 1 aliphatic heterocycles. The molecule has 1 aromatic heterocycles. The summed E-state index contributed by atoms with van der Waals surface area (Å²) in [5.74, 6) is -1.09. The van der Waals surface area contributed by atoms with Crippen LogP contribution >= 0.6 is 0 Å². The van der Waals surface area contributed by atoms with E-state index in [2.05, 4.69) is 10.0 Å². The van der Waals surface area contributed by atoms with Crippen molar-refractivity contribution < 1.29 is 27.0 Å². The van der Waals surface area contributed by atoms with Gasteiger partial charge in [0.05, 0.1) is 0 Å². The molecule has 0 bridgehead atoms. The van der Waals surface area contributed by atoms with Crippen LogP contribution in [0.1, 0.15) is 18.4 Å². The van der Waals surface area contributed by atoms with Crippen LogP contribution in [0.15, 0.2) is 53.5 Å². The van der Waals surface area contributed by atoms with E-state index in [-0.39, 0.29) is 29.7 Å². The van der Waals surface area contributed by atoms with Crippen LogP contribution in [-0.2, 0) is 24.7 Å². The highest BCUT2D eigenvalue weighted by molar-refractivity contribution is 7.77. The van der Waals surface area contributed by atoms with E-state index in [1.165, 1.54) is 16.7 Å². The monoisotopic (exact) mass is 519 g/mol. The van der Waals surface area contributed by atoms with Crippen LogP contribution < -0.4 is 25.1 Å². The van der Waals surface area contributed by atoms with Gasteiger partial charge in [-0.25, -0.2) is 17.7 Å². The Bertz CT molecular complexity index is 1310. The quantitative estimate of drug-likeness (QED) is 0.374. The molecule has 192 valence electrons. The number of aromatic nitrogens is 1. The van der Waals surface area contributed by atoms with Crippen LogP contribution in [0.3, 0.4) is 0 Å². The highest BCUT2D eigenvalue weighted by atomic mass is 32.2. The van der Waals surface area contributed by atoms with E-state index in [0.717, 1.165) is 43.6 Å². The van der Waals surface area contributed by atoms with Gasteiger partial charge in [-0.3, -0.25) is 9.35 Å². The van der Waals surface area contributed by atoms with E-state index in [4.69, 9.17) is 14.0 Å². The molecule has 2 aromatic carbocycles. The van der Waals surface area contributed by atoms with E-state index in [1.54, 1.807) is 31.4 Å². The van der Waals surface area contributed by atoms with Crippen LogP contribution in [-0.4, -0.2) is 39.1 Å². The van der Waals surface area contributed by atoms with Crippen molar-refractivity contribution in [3.8, 4) is 28.4 Å². The molecule has 0 aliphatic carbocycles. The second-order valence-electron chi connectivity index (χ2n) is 8.47. The van der Waals surface area contributed by atoms with E-state index >= 15 is 0 Å². The minimum Gasteiger partial charge on any atom is -0.489 e. The molecule has 3 aromatic rings. The van der Waals surface area contributed by atoms with Crippen LogP contribution in [0.2, 0.25) is 0 Å². The fraction of sp³-hybridized carbons (Fsp3) is 0.320. The molecule has 2 heterocycles. The molecule has 0 saturated carbocycles. The van der Waals surface area contributed by atoms with E-state index in [9.17, 15) is 17.8 Å². The average Bonchev–Trinajstić information content (AvgIpc) is 2.84. The number of aryl methyl sites for hydroxylation is 1. The van der Waals surface area contributed by atoms with Gasteiger partial charge in [-0.2, -0.15) is 0 Å². The number of nitrogens with zero attached hydrogens (tertiary/aromatic N) is 1. The Balaban J connectivity index is 1.78. The number of nitrogens with one attached hydrogen (secondary N) is 2. The molecule has 1 aliphatic rings. The first-order chi connectivity index (χ1) is 17.3. The first-order valence-corrected chi connectivity index (χ1v) is 12.6. The summed E-state index contributed by atoms with van der Waals surface area (Å²) in [6.45, 7) is 1.84. The zero-order valence-electron chi connectivity index (χ0n) is 19.6. The zero-order valence-corrected chi connectivity index (χ0v) is 20.4. The Morgan fingerprint density at radius 2 is 1.83 bits per heavy atom. The summed E-state index contributed by atoms with van der Waals surface area (Å²) in [7, 11) is 1.62. The number of benzene rings is 2. The Hall–Kier alpha value is -3.12. The normalized spacial score (nSPS) is 15.0. The molecule has 11 heteroatoms. The maximum atomic E-state index is 14.4. The van der Waals surface area contributed by atoms with E-state index < -0.39 is 22.9 Å². The second-order valence-corrected chi connectivity index (χ2v) is 9.26.